The Bertz CT molecular complexity index is 802. The smallest absolute Gasteiger partial charge is 0.260 e. The molecule has 2 aromatic rings. The number of nitrogens with zero attached hydrogens (tertiary/aromatic N) is 4. The first kappa shape index (κ1) is 16.8. The first-order valence-electron chi connectivity index (χ1n) is 8.93. The van der Waals surface area contributed by atoms with Crippen molar-refractivity contribution in [1.82, 2.24) is 15.5 Å². The van der Waals surface area contributed by atoms with E-state index < -0.39 is 0 Å². The van der Waals surface area contributed by atoms with Gasteiger partial charge < -0.3 is 15.0 Å². The number of carbonyl (C=O) groups is 1. The molecule has 0 aliphatic carbocycles. The fourth-order valence-electron chi connectivity index (χ4n) is 3.62. The van der Waals surface area contributed by atoms with Crippen LogP contribution in [0.5, 0.6) is 5.75 Å². The van der Waals surface area contributed by atoms with Gasteiger partial charge >= 0.3 is 0 Å². The van der Waals surface area contributed by atoms with Crippen LogP contribution < -0.4 is 19.9 Å². The molecule has 7 heteroatoms. The minimum absolute atomic E-state index is 0.0624. The Morgan fingerprint density at radius 3 is 2.69 bits per heavy atom. The van der Waals surface area contributed by atoms with E-state index in [0.717, 1.165) is 37.3 Å². The molecule has 2 aliphatic rings. The van der Waals surface area contributed by atoms with Crippen LogP contribution in [-0.2, 0) is 6.54 Å². The Balaban J connectivity index is 1.51. The van der Waals surface area contributed by atoms with Gasteiger partial charge in [0.05, 0.1) is 13.7 Å². The molecule has 1 saturated heterocycles. The van der Waals surface area contributed by atoms with E-state index in [1.165, 1.54) is 0 Å². The normalized spacial score (nSPS) is 17.3. The highest BCUT2D eigenvalue weighted by Crippen LogP contribution is 2.30. The summed E-state index contributed by atoms with van der Waals surface area (Å²) in [4.78, 5) is 16.6. The number of methoxy groups -OCH3 is 1. The molecule has 0 unspecified atom stereocenters. The first-order chi connectivity index (χ1) is 12.7. The van der Waals surface area contributed by atoms with Crippen LogP contribution in [0.3, 0.4) is 0 Å². The Morgan fingerprint density at radius 2 is 2.00 bits per heavy atom. The lowest BCUT2D eigenvalue weighted by Crippen LogP contribution is -2.41. The zero-order valence-corrected chi connectivity index (χ0v) is 15.1. The van der Waals surface area contributed by atoms with Crippen LogP contribution in [0.2, 0.25) is 0 Å². The Labute approximate surface area is 153 Å². The Hall–Kier alpha value is -2.67. The van der Waals surface area contributed by atoms with E-state index in [4.69, 9.17) is 4.74 Å². The molecular weight excluding hydrogens is 330 g/mol. The minimum Gasteiger partial charge on any atom is -0.497 e. The number of nitrogens with one attached hydrogen (secondary N) is 1. The molecular formula is C19H23N5O2. The molecule has 7 nitrogen and oxygen atoms in total. The highest BCUT2D eigenvalue weighted by Gasteiger charge is 2.30. The molecule has 1 aromatic heterocycles. The molecule has 4 rings (SSSR count). The average Bonchev–Trinajstić information content (AvgIpc) is 3.04. The highest BCUT2D eigenvalue weighted by molar-refractivity contribution is 6.09. The third-order valence-electron chi connectivity index (χ3n) is 5.25. The van der Waals surface area contributed by atoms with Gasteiger partial charge in [0, 0.05) is 18.7 Å². The predicted molar refractivity (Wildman–Crippen MR) is 99.8 cm³/mol. The van der Waals surface area contributed by atoms with Gasteiger partial charge in [0.1, 0.15) is 5.75 Å². The van der Waals surface area contributed by atoms with E-state index in [0.29, 0.717) is 29.7 Å². The van der Waals surface area contributed by atoms with Crippen molar-refractivity contribution in [2.24, 2.45) is 0 Å². The number of aromatic nitrogens is 2. The van der Waals surface area contributed by atoms with Crippen molar-refractivity contribution in [1.29, 1.82) is 0 Å². The number of anilines is 2. The fourth-order valence-corrected chi connectivity index (χ4v) is 3.62. The van der Waals surface area contributed by atoms with Crippen LogP contribution in [0.15, 0.2) is 30.3 Å². The van der Waals surface area contributed by atoms with Gasteiger partial charge in [0.25, 0.3) is 5.91 Å². The molecule has 1 aromatic carbocycles. The first-order valence-corrected chi connectivity index (χ1v) is 8.93. The van der Waals surface area contributed by atoms with Gasteiger partial charge in [0.2, 0.25) is 0 Å². The Morgan fingerprint density at radius 1 is 1.19 bits per heavy atom. The summed E-state index contributed by atoms with van der Waals surface area (Å²) in [6.07, 6.45) is 2.20. The molecule has 1 N–H and O–H groups in total. The zero-order valence-electron chi connectivity index (χ0n) is 15.1. The minimum atomic E-state index is -0.0624. The van der Waals surface area contributed by atoms with Gasteiger partial charge in [0.15, 0.2) is 11.6 Å². The maximum atomic E-state index is 12.7. The van der Waals surface area contributed by atoms with Crippen molar-refractivity contribution in [2.75, 3.05) is 37.0 Å². The summed E-state index contributed by atoms with van der Waals surface area (Å²) in [5, 5.41) is 12.1. The van der Waals surface area contributed by atoms with Crippen LogP contribution in [0.1, 0.15) is 28.8 Å². The van der Waals surface area contributed by atoms with Crippen molar-refractivity contribution in [3.63, 3.8) is 0 Å². The van der Waals surface area contributed by atoms with E-state index in [1.54, 1.807) is 18.1 Å². The summed E-state index contributed by atoms with van der Waals surface area (Å²) in [6, 6.07) is 9.88. The number of rotatable bonds is 4. The quantitative estimate of drug-likeness (QED) is 0.904. The number of benzene rings is 1. The molecule has 0 spiro atoms. The summed E-state index contributed by atoms with van der Waals surface area (Å²) in [6.45, 7) is 2.57. The van der Waals surface area contributed by atoms with Gasteiger partial charge in [-0.15, -0.1) is 10.2 Å². The van der Waals surface area contributed by atoms with Crippen molar-refractivity contribution in [3.05, 3.63) is 41.5 Å². The third kappa shape index (κ3) is 2.99. The number of fused-ring (bicyclic) bond motifs is 1. The number of hydrogen-bond donors (Lipinski definition) is 1. The van der Waals surface area contributed by atoms with E-state index in [1.807, 2.05) is 24.3 Å². The summed E-state index contributed by atoms with van der Waals surface area (Å²) >= 11 is 0. The molecule has 0 bridgehead atoms. The second-order valence-electron chi connectivity index (χ2n) is 6.76. The lowest BCUT2D eigenvalue weighted by molar-refractivity contribution is 0.0995. The van der Waals surface area contributed by atoms with Crippen LogP contribution in [0, 0.1) is 0 Å². The molecule has 1 amide bonds. The molecule has 0 atom stereocenters. The van der Waals surface area contributed by atoms with E-state index in [2.05, 4.69) is 27.5 Å². The van der Waals surface area contributed by atoms with Crippen LogP contribution in [-0.4, -0.2) is 49.4 Å². The summed E-state index contributed by atoms with van der Waals surface area (Å²) < 4.78 is 5.22. The van der Waals surface area contributed by atoms with E-state index in [-0.39, 0.29) is 5.91 Å². The maximum Gasteiger partial charge on any atom is 0.260 e. The molecule has 0 saturated carbocycles. The van der Waals surface area contributed by atoms with Crippen LogP contribution in [0.25, 0.3) is 0 Å². The standard InChI is InChI=1S/C19H23N5O2/c1-23(14-7-9-20-10-8-14)17-5-6-18(22-21-17)24-12-13-3-4-15(26-2)11-16(13)19(24)25/h3-6,11,14,20H,7-10,12H2,1-2H3. The van der Waals surface area contributed by atoms with Crippen molar-refractivity contribution < 1.29 is 9.53 Å². The lowest BCUT2D eigenvalue weighted by atomic mass is 10.1. The number of piperidine rings is 1. The number of hydrogen-bond acceptors (Lipinski definition) is 6. The summed E-state index contributed by atoms with van der Waals surface area (Å²) in [7, 11) is 3.66. The molecule has 1 fully saturated rings. The predicted octanol–water partition coefficient (Wildman–Crippen LogP) is 1.83. The van der Waals surface area contributed by atoms with Gasteiger partial charge in [-0.05, 0) is 55.8 Å². The molecule has 0 radical (unpaired) electrons. The largest absolute Gasteiger partial charge is 0.497 e. The van der Waals surface area contributed by atoms with E-state index in [9.17, 15) is 4.79 Å². The van der Waals surface area contributed by atoms with Gasteiger partial charge in [-0.1, -0.05) is 6.07 Å². The lowest BCUT2D eigenvalue weighted by Gasteiger charge is -2.32. The highest BCUT2D eigenvalue weighted by atomic mass is 16.5. The zero-order chi connectivity index (χ0) is 18.1. The maximum absolute atomic E-state index is 12.7. The molecule has 2 aliphatic heterocycles. The molecule has 26 heavy (non-hydrogen) atoms. The molecule has 136 valence electrons. The topological polar surface area (TPSA) is 70.6 Å². The second kappa shape index (κ2) is 6.92. The van der Waals surface area contributed by atoms with Crippen molar-refractivity contribution >= 4 is 17.5 Å². The molecule has 3 heterocycles. The van der Waals surface area contributed by atoms with Gasteiger partial charge in [-0.2, -0.15) is 0 Å². The third-order valence-corrected chi connectivity index (χ3v) is 5.25. The number of amides is 1. The SMILES string of the molecule is COc1ccc2c(c1)C(=O)N(c1ccc(N(C)C3CCNCC3)nn1)C2. The summed E-state index contributed by atoms with van der Waals surface area (Å²) in [5.41, 5.74) is 1.65. The number of ether oxygens (including phenoxy) is 1. The number of carbonyl (C=O) groups excluding carboxylic acids is 1. The average molecular weight is 353 g/mol. The fraction of sp³-hybridized carbons (Fsp3) is 0.421. The van der Waals surface area contributed by atoms with Crippen LogP contribution >= 0.6 is 0 Å². The van der Waals surface area contributed by atoms with E-state index >= 15 is 0 Å². The van der Waals surface area contributed by atoms with Crippen molar-refractivity contribution in [2.45, 2.75) is 25.4 Å². The monoisotopic (exact) mass is 353 g/mol. The van der Waals surface area contributed by atoms with Crippen molar-refractivity contribution in [3.8, 4) is 5.75 Å². The summed E-state index contributed by atoms with van der Waals surface area (Å²) in [5.74, 6) is 2.04. The van der Waals surface area contributed by atoms with Gasteiger partial charge in [-0.25, -0.2) is 0 Å². The van der Waals surface area contributed by atoms with Crippen LogP contribution in [0.4, 0.5) is 11.6 Å². The van der Waals surface area contributed by atoms with Gasteiger partial charge in [-0.3, -0.25) is 9.69 Å². The Kier molecular flexibility index (Phi) is 4.46. The second-order valence-corrected chi connectivity index (χ2v) is 6.76.